The summed E-state index contributed by atoms with van der Waals surface area (Å²) in [5.41, 5.74) is 2.84. The van der Waals surface area contributed by atoms with Crippen molar-refractivity contribution in [1.29, 1.82) is 0 Å². The molecule has 160 valence electrons. The number of carbonyl (C=O) groups is 1. The first kappa shape index (κ1) is 20.5. The summed E-state index contributed by atoms with van der Waals surface area (Å²) in [6.07, 6.45) is 1.45. The number of nitrogens with zero attached hydrogens (tertiary/aromatic N) is 3. The predicted molar refractivity (Wildman–Crippen MR) is 115 cm³/mol. The molecule has 1 atom stereocenters. The third kappa shape index (κ3) is 4.09. The number of hydrogen-bond acceptors (Lipinski definition) is 7. The van der Waals surface area contributed by atoms with Gasteiger partial charge in [-0.15, -0.1) is 0 Å². The number of nitrogens with one attached hydrogen (secondary N) is 1. The molecule has 0 saturated heterocycles. The van der Waals surface area contributed by atoms with E-state index in [1.807, 2.05) is 62.4 Å². The summed E-state index contributed by atoms with van der Waals surface area (Å²) >= 11 is 0. The molecule has 8 heteroatoms. The van der Waals surface area contributed by atoms with E-state index in [-0.39, 0.29) is 6.61 Å². The molecule has 1 N–H and O–H groups in total. The Balaban J connectivity index is 1.70. The zero-order chi connectivity index (χ0) is 21.8. The fourth-order valence-electron chi connectivity index (χ4n) is 3.59. The van der Waals surface area contributed by atoms with Gasteiger partial charge in [0.1, 0.15) is 19.0 Å². The minimum absolute atomic E-state index is 0.181. The molecule has 31 heavy (non-hydrogen) atoms. The fourth-order valence-corrected chi connectivity index (χ4v) is 3.59. The van der Waals surface area contributed by atoms with E-state index in [2.05, 4.69) is 15.4 Å². The van der Waals surface area contributed by atoms with Crippen LogP contribution in [0.3, 0.4) is 0 Å². The van der Waals surface area contributed by atoms with Gasteiger partial charge in [0.25, 0.3) is 0 Å². The van der Waals surface area contributed by atoms with E-state index in [9.17, 15) is 4.79 Å². The summed E-state index contributed by atoms with van der Waals surface area (Å²) in [5.74, 6) is 1.34. The second kappa shape index (κ2) is 8.91. The number of ether oxygens (including phenoxy) is 3. The SMILES string of the molecule is CCOc1ccc(C2C(C(=O)OCc3ccccc3)=C(C)Nc3ncnn32)cc1OC. The van der Waals surface area contributed by atoms with Crippen LogP contribution in [0.25, 0.3) is 0 Å². The highest BCUT2D eigenvalue weighted by atomic mass is 16.5. The Hall–Kier alpha value is -3.81. The van der Waals surface area contributed by atoms with Crippen molar-refractivity contribution < 1.29 is 19.0 Å². The number of esters is 1. The second-order valence-corrected chi connectivity index (χ2v) is 7.00. The van der Waals surface area contributed by atoms with Gasteiger partial charge in [-0.1, -0.05) is 36.4 Å². The number of rotatable bonds is 7. The lowest BCUT2D eigenvalue weighted by Crippen LogP contribution is -2.29. The molecule has 0 amide bonds. The van der Waals surface area contributed by atoms with E-state index in [4.69, 9.17) is 14.2 Å². The Morgan fingerprint density at radius 3 is 2.71 bits per heavy atom. The number of aromatic nitrogens is 3. The summed E-state index contributed by atoms with van der Waals surface area (Å²) in [7, 11) is 1.58. The molecule has 1 aromatic heterocycles. The van der Waals surface area contributed by atoms with Crippen molar-refractivity contribution in [3.8, 4) is 11.5 Å². The minimum atomic E-state index is -0.522. The Bertz CT molecular complexity index is 1110. The second-order valence-electron chi connectivity index (χ2n) is 7.00. The Labute approximate surface area is 180 Å². The van der Waals surface area contributed by atoms with Gasteiger partial charge in [-0.25, -0.2) is 9.48 Å². The molecule has 0 spiro atoms. The third-order valence-electron chi connectivity index (χ3n) is 5.03. The quantitative estimate of drug-likeness (QED) is 0.583. The molecule has 0 aliphatic carbocycles. The average molecular weight is 420 g/mol. The maximum Gasteiger partial charge on any atom is 0.338 e. The van der Waals surface area contributed by atoms with Crippen molar-refractivity contribution in [2.75, 3.05) is 19.0 Å². The van der Waals surface area contributed by atoms with Gasteiger partial charge in [0.05, 0.1) is 19.3 Å². The van der Waals surface area contributed by atoms with Crippen molar-refractivity contribution in [3.63, 3.8) is 0 Å². The lowest BCUT2D eigenvalue weighted by molar-refractivity contribution is -0.140. The van der Waals surface area contributed by atoms with Gasteiger partial charge in [0, 0.05) is 5.70 Å². The van der Waals surface area contributed by atoms with Crippen molar-refractivity contribution in [2.45, 2.75) is 26.5 Å². The van der Waals surface area contributed by atoms with Gasteiger partial charge >= 0.3 is 5.97 Å². The standard InChI is InChI=1S/C23H24N4O4/c1-4-30-18-11-10-17(12-19(18)29-3)21-20(15(2)26-23-24-14-25-27(21)23)22(28)31-13-16-8-6-5-7-9-16/h5-12,14,21H,4,13H2,1-3H3,(H,24,25,26). The number of anilines is 1. The average Bonchev–Trinajstić information content (AvgIpc) is 3.25. The number of allylic oxidation sites excluding steroid dienone is 1. The molecule has 0 radical (unpaired) electrons. The summed E-state index contributed by atoms with van der Waals surface area (Å²) in [5, 5.41) is 7.48. The highest BCUT2D eigenvalue weighted by Gasteiger charge is 2.34. The predicted octanol–water partition coefficient (Wildman–Crippen LogP) is 3.72. The number of fused-ring (bicyclic) bond motifs is 1. The van der Waals surface area contributed by atoms with Crippen LogP contribution < -0.4 is 14.8 Å². The molecular weight excluding hydrogens is 396 g/mol. The van der Waals surface area contributed by atoms with Gasteiger partial charge in [0.2, 0.25) is 5.95 Å². The maximum absolute atomic E-state index is 13.2. The summed E-state index contributed by atoms with van der Waals surface area (Å²) in [4.78, 5) is 17.4. The van der Waals surface area contributed by atoms with Crippen LogP contribution in [-0.4, -0.2) is 34.5 Å². The lowest BCUT2D eigenvalue weighted by Gasteiger charge is -2.28. The number of carbonyl (C=O) groups excluding carboxylic acids is 1. The largest absolute Gasteiger partial charge is 0.493 e. The van der Waals surface area contributed by atoms with Crippen LogP contribution in [-0.2, 0) is 16.1 Å². The molecule has 2 aromatic carbocycles. The maximum atomic E-state index is 13.2. The molecule has 1 aliphatic rings. The summed E-state index contributed by atoms with van der Waals surface area (Å²) < 4.78 is 18.5. The van der Waals surface area contributed by atoms with Crippen LogP contribution in [0.2, 0.25) is 0 Å². The van der Waals surface area contributed by atoms with E-state index < -0.39 is 12.0 Å². The molecule has 8 nitrogen and oxygen atoms in total. The molecule has 1 aliphatic heterocycles. The zero-order valence-corrected chi connectivity index (χ0v) is 17.7. The topological polar surface area (TPSA) is 87.5 Å². The van der Waals surface area contributed by atoms with Gasteiger partial charge in [-0.3, -0.25) is 0 Å². The van der Waals surface area contributed by atoms with Crippen LogP contribution >= 0.6 is 0 Å². The summed E-state index contributed by atoms with van der Waals surface area (Å²) in [6.45, 7) is 4.44. The highest BCUT2D eigenvalue weighted by molar-refractivity contribution is 5.92. The number of hydrogen-bond donors (Lipinski definition) is 1. The van der Waals surface area contributed by atoms with E-state index in [0.29, 0.717) is 35.3 Å². The number of benzene rings is 2. The minimum Gasteiger partial charge on any atom is -0.493 e. The molecular formula is C23H24N4O4. The van der Waals surface area contributed by atoms with Crippen molar-refractivity contribution >= 4 is 11.9 Å². The van der Waals surface area contributed by atoms with Crippen LogP contribution in [0.1, 0.15) is 31.0 Å². The zero-order valence-electron chi connectivity index (χ0n) is 17.7. The van der Waals surface area contributed by atoms with Crippen LogP contribution in [0.4, 0.5) is 5.95 Å². The van der Waals surface area contributed by atoms with Gasteiger partial charge in [-0.2, -0.15) is 10.1 Å². The first-order valence-corrected chi connectivity index (χ1v) is 10.0. The first-order valence-electron chi connectivity index (χ1n) is 10.0. The van der Waals surface area contributed by atoms with E-state index in [1.54, 1.807) is 11.8 Å². The highest BCUT2D eigenvalue weighted by Crippen LogP contribution is 2.38. The monoisotopic (exact) mass is 420 g/mol. The van der Waals surface area contributed by atoms with Crippen LogP contribution in [0.5, 0.6) is 11.5 Å². The Morgan fingerprint density at radius 2 is 1.97 bits per heavy atom. The Kier molecular flexibility index (Phi) is 5.88. The molecule has 4 rings (SSSR count). The smallest absolute Gasteiger partial charge is 0.338 e. The first-order chi connectivity index (χ1) is 15.1. The van der Waals surface area contributed by atoms with Crippen LogP contribution in [0.15, 0.2) is 66.1 Å². The molecule has 0 fully saturated rings. The van der Waals surface area contributed by atoms with E-state index in [0.717, 1.165) is 11.1 Å². The molecule has 2 heterocycles. The summed E-state index contributed by atoms with van der Waals surface area (Å²) in [6, 6.07) is 14.6. The lowest BCUT2D eigenvalue weighted by atomic mass is 9.95. The molecule has 0 bridgehead atoms. The van der Waals surface area contributed by atoms with E-state index in [1.165, 1.54) is 6.33 Å². The van der Waals surface area contributed by atoms with Crippen LogP contribution in [0, 0.1) is 0 Å². The fraction of sp³-hybridized carbons (Fsp3) is 0.261. The van der Waals surface area contributed by atoms with Gasteiger partial charge in [0.15, 0.2) is 11.5 Å². The van der Waals surface area contributed by atoms with Crippen molar-refractivity contribution in [1.82, 2.24) is 14.8 Å². The normalized spacial score (nSPS) is 15.1. The van der Waals surface area contributed by atoms with E-state index >= 15 is 0 Å². The van der Waals surface area contributed by atoms with Crippen molar-refractivity contribution in [2.24, 2.45) is 0 Å². The molecule has 0 saturated carbocycles. The molecule has 3 aromatic rings. The van der Waals surface area contributed by atoms with Crippen molar-refractivity contribution in [3.05, 3.63) is 77.3 Å². The third-order valence-corrected chi connectivity index (χ3v) is 5.03. The van der Waals surface area contributed by atoms with Gasteiger partial charge in [-0.05, 0) is 37.1 Å². The number of methoxy groups -OCH3 is 1. The molecule has 1 unspecified atom stereocenters. The van der Waals surface area contributed by atoms with Gasteiger partial charge < -0.3 is 19.5 Å². The Morgan fingerprint density at radius 1 is 1.16 bits per heavy atom.